The molecule has 1 unspecified atom stereocenters. The number of carbonyl (C=O) groups excluding carboxylic acids is 1. The Hall–Kier alpha value is -1.60. The van der Waals surface area contributed by atoms with Crippen LogP contribution in [-0.4, -0.2) is 49.5 Å². The lowest BCUT2D eigenvalue weighted by atomic mass is 9.97. The zero-order valence-corrected chi connectivity index (χ0v) is 14.0. The Morgan fingerprint density at radius 3 is 2.64 bits per heavy atom. The Labute approximate surface area is 145 Å². The lowest BCUT2D eigenvalue weighted by Gasteiger charge is -2.32. The summed E-state index contributed by atoms with van der Waals surface area (Å²) in [6.45, 7) is 2.62. The second-order valence-corrected chi connectivity index (χ2v) is 6.82. The van der Waals surface area contributed by atoms with Crippen molar-refractivity contribution in [1.29, 1.82) is 0 Å². The minimum atomic E-state index is -4.61. The van der Waals surface area contributed by atoms with Gasteiger partial charge in [-0.1, -0.05) is 12.1 Å². The maximum absolute atomic E-state index is 12.6. The molecule has 2 saturated heterocycles. The van der Waals surface area contributed by atoms with Gasteiger partial charge in [-0.25, -0.2) is 0 Å². The third-order valence-corrected chi connectivity index (χ3v) is 4.89. The predicted octanol–water partition coefficient (Wildman–Crippen LogP) is 2.98. The van der Waals surface area contributed by atoms with E-state index < -0.39 is 12.5 Å². The fourth-order valence-electron chi connectivity index (χ4n) is 3.60. The maximum atomic E-state index is 12.6. The molecule has 2 aliphatic rings. The van der Waals surface area contributed by atoms with Gasteiger partial charge in [0.15, 0.2) is 0 Å². The molecule has 25 heavy (non-hydrogen) atoms. The Morgan fingerprint density at radius 2 is 2.00 bits per heavy atom. The third kappa shape index (κ3) is 5.19. The molecule has 2 aliphatic heterocycles. The van der Waals surface area contributed by atoms with Crippen molar-refractivity contribution in [3.05, 3.63) is 35.4 Å². The van der Waals surface area contributed by atoms with Crippen molar-refractivity contribution in [3.8, 4) is 0 Å². The average Bonchev–Trinajstić information content (AvgIpc) is 3.07. The average molecular weight is 356 g/mol. The zero-order valence-electron chi connectivity index (χ0n) is 14.0. The quantitative estimate of drug-likeness (QED) is 0.902. The van der Waals surface area contributed by atoms with E-state index in [2.05, 4.69) is 10.1 Å². The van der Waals surface area contributed by atoms with E-state index in [1.54, 1.807) is 11.0 Å². The fraction of sp³-hybridized carbons (Fsp3) is 0.611. The van der Waals surface area contributed by atoms with Gasteiger partial charge < -0.3 is 10.2 Å². The Balaban J connectivity index is 1.56. The van der Waals surface area contributed by atoms with Crippen molar-refractivity contribution in [1.82, 2.24) is 10.2 Å². The second-order valence-electron chi connectivity index (χ2n) is 6.82. The highest BCUT2D eigenvalue weighted by molar-refractivity contribution is 5.94. The van der Waals surface area contributed by atoms with E-state index in [-0.39, 0.29) is 31.8 Å². The summed E-state index contributed by atoms with van der Waals surface area (Å²) < 4.78 is 40.9. The number of ether oxygens (including phenoxy) is 1. The summed E-state index contributed by atoms with van der Waals surface area (Å²) in [5.41, 5.74) is 1.74. The van der Waals surface area contributed by atoms with Gasteiger partial charge in [-0.3, -0.25) is 9.53 Å². The number of nitrogens with zero attached hydrogens (tertiary/aromatic N) is 1. The molecule has 3 rings (SSSR count). The lowest BCUT2D eigenvalue weighted by molar-refractivity contribution is -0.345. The van der Waals surface area contributed by atoms with Crippen LogP contribution in [0.1, 0.15) is 35.2 Å². The minimum Gasteiger partial charge on any atom is -0.338 e. The summed E-state index contributed by atoms with van der Waals surface area (Å²) in [6.07, 6.45) is -2.97. The van der Waals surface area contributed by atoms with Crippen molar-refractivity contribution in [2.24, 2.45) is 5.92 Å². The van der Waals surface area contributed by atoms with E-state index in [1.165, 1.54) is 0 Å². The van der Waals surface area contributed by atoms with E-state index in [0.29, 0.717) is 11.5 Å². The van der Waals surface area contributed by atoms with Crippen molar-refractivity contribution >= 4 is 5.91 Å². The van der Waals surface area contributed by atoms with Gasteiger partial charge >= 0.3 is 6.36 Å². The van der Waals surface area contributed by atoms with Crippen molar-refractivity contribution < 1.29 is 22.7 Å². The van der Waals surface area contributed by atoms with Crippen LogP contribution in [0.15, 0.2) is 24.3 Å². The number of carbonyl (C=O) groups is 1. The number of piperidine rings is 1. The normalized spacial score (nSPS) is 22.4. The first-order chi connectivity index (χ1) is 11.9. The molecule has 1 aromatic rings. The van der Waals surface area contributed by atoms with E-state index in [0.717, 1.165) is 31.5 Å². The van der Waals surface area contributed by atoms with Crippen LogP contribution in [-0.2, 0) is 11.2 Å². The third-order valence-electron chi connectivity index (χ3n) is 4.89. The summed E-state index contributed by atoms with van der Waals surface area (Å²) in [7, 11) is 0. The van der Waals surface area contributed by atoms with Crippen LogP contribution in [0.5, 0.6) is 0 Å². The first kappa shape index (κ1) is 18.2. The van der Waals surface area contributed by atoms with E-state index >= 15 is 0 Å². The predicted molar refractivity (Wildman–Crippen MR) is 87.2 cm³/mol. The molecule has 2 fully saturated rings. The standard InChI is InChI=1S/C18H23F3N2O2/c19-18(20,21)25-16-5-8-23(9-6-16)17(24)15-3-1-2-13(11-15)10-14-4-7-22-12-14/h1-3,11,14,16,22H,4-10,12H2. The highest BCUT2D eigenvalue weighted by Gasteiger charge is 2.35. The van der Waals surface area contributed by atoms with Crippen molar-refractivity contribution in [2.75, 3.05) is 26.2 Å². The van der Waals surface area contributed by atoms with Gasteiger partial charge in [0.1, 0.15) is 0 Å². The van der Waals surface area contributed by atoms with Crippen molar-refractivity contribution in [3.63, 3.8) is 0 Å². The number of amides is 1. The van der Waals surface area contributed by atoms with Crippen LogP contribution in [0.3, 0.4) is 0 Å². The van der Waals surface area contributed by atoms with Gasteiger partial charge in [-0.2, -0.15) is 0 Å². The molecule has 0 bridgehead atoms. The molecule has 0 spiro atoms. The topological polar surface area (TPSA) is 41.6 Å². The molecule has 0 aliphatic carbocycles. The van der Waals surface area contributed by atoms with Gasteiger partial charge in [-0.05, 0) is 62.4 Å². The molecule has 4 nitrogen and oxygen atoms in total. The summed E-state index contributed by atoms with van der Waals surface area (Å²) in [4.78, 5) is 14.2. The molecule has 1 aromatic carbocycles. The number of alkyl halides is 3. The highest BCUT2D eigenvalue weighted by atomic mass is 19.4. The molecular weight excluding hydrogens is 333 g/mol. The first-order valence-corrected chi connectivity index (χ1v) is 8.74. The number of nitrogens with one attached hydrogen (secondary N) is 1. The van der Waals surface area contributed by atoms with Crippen LogP contribution in [0, 0.1) is 5.92 Å². The molecular formula is C18H23F3N2O2. The van der Waals surface area contributed by atoms with Gasteiger partial charge in [-0.15, -0.1) is 13.2 Å². The van der Waals surface area contributed by atoms with Gasteiger partial charge in [0, 0.05) is 18.7 Å². The number of hydrogen-bond donors (Lipinski definition) is 1. The summed E-state index contributed by atoms with van der Waals surface area (Å²) >= 11 is 0. The molecule has 1 atom stereocenters. The molecule has 138 valence electrons. The summed E-state index contributed by atoms with van der Waals surface area (Å²) in [5.74, 6) is 0.484. The smallest absolute Gasteiger partial charge is 0.338 e. The van der Waals surface area contributed by atoms with Gasteiger partial charge in [0.05, 0.1) is 6.10 Å². The van der Waals surface area contributed by atoms with Crippen LogP contribution in [0.2, 0.25) is 0 Å². The first-order valence-electron chi connectivity index (χ1n) is 8.74. The van der Waals surface area contributed by atoms with Crippen LogP contribution in [0.25, 0.3) is 0 Å². The van der Waals surface area contributed by atoms with E-state index in [9.17, 15) is 18.0 Å². The summed E-state index contributed by atoms with van der Waals surface area (Å²) in [5, 5.41) is 3.33. The fourth-order valence-corrected chi connectivity index (χ4v) is 3.60. The van der Waals surface area contributed by atoms with E-state index in [4.69, 9.17) is 0 Å². The Morgan fingerprint density at radius 1 is 1.24 bits per heavy atom. The summed E-state index contributed by atoms with van der Waals surface area (Å²) in [6, 6.07) is 7.60. The Kier molecular flexibility index (Phi) is 5.64. The lowest BCUT2D eigenvalue weighted by Crippen LogP contribution is -2.42. The number of halogens is 3. The zero-order chi connectivity index (χ0) is 17.9. The van der Waals surface area contributed by atoms with E-state index in [1.807, 2.05) is 18.2 Å². The monoisotopic (exact) mass is 356 g/mol. The largest absolute Gasteiger partial charge is 0.522 e. The van der Waals surface area contributed by atoms with Crippen LogP contribution < -0.4 is 5.32 Å². The molecule has 1 amide bonds. The van der Waals surface area contributed by atoms with Gasteiger partial charge in [0.25, 0.3) is 5.91 Å². The van der Waals surface area contributed by atoms with Crippen LogP contribution in [0.4, 0.5) is 13.2 Å². The van der Waals surface area contributed by atoms with Crippen molar-refractivity contribution in [2.45, 2.75) is 38.1 Å². The second kappa shape index (κ2) is 7.74. The Bertz CT molecular complexity index is 592. The number of hydrogen-bond acceptors (Lipinski definition) is 3. The van der Waals surface area contributed by atoms with Crippen LogP contribution >= 0.6 is 0 Å². The van der Waals surface area contributed by atoms with Gasteiger partial charge in [0.2, 0.25) is 0 Å². The minimum absolute atomic E-state index is 0.114. The number of likely N-dealkylation sites (tertiary alicyclic amines) is 1. The molecule has 7 heteroatoms. The highest BCUT2D eigenvalue weighted by Crippen LogP contribution is 2.25. The molecule has 0 aromatic heterocycles. The molecule has 0 radical (unpaired) electrons. The SMILES string of the molecule is O=C(c1cccc(CC2CCNC2)c1)N1CCC(OC(F)(F)F)CC1. The maximum Gasteiger partial charge on any atom is 0.522 e. The number of rotatable bonds is 4. The number of benzene rings is 1. The molecule has 1 N–H and O–H groups in total. The molecule has 2 heterocycles. The molecule has 0 saturated carbocycles.